The minimum absolute atomic E-state index is 0.0526. The van der Waals surface area contributed by atoms with Crippen molar-refractivity contribution in [3.05, 3.63) is 52.5 Å². The second-order valence-corrected chi connectivity index (χ2v) is 9.40. The van der Waals surface area contributed by atoms with E-state index < -0.39 is 21.9 Å². The molecule has 33 heavy (non-hydrogen) atoms. The molecule has 9 nitrogen and oxygen atoms in total. The molecule has 1 N–H and O–H groups in total. The van der Waals surface area contributed by atoms with Gasteiger partial charge in [-0.15, -0.1) is 0 Å². The lowest BCUT2D eigenvalue weighted by Crippen LogP contribution is -2.31. The molecule has 0 atom stereocenters. The molecule has 0 unspecified atom stereocenters. The number of rotatable bonds is 9. The Bertz CT molecular complexity index is 1120. The van der Waals surface area contributed by atoms with E-state index in [-0.39, 0.29) is 23.6 Å². The molecule has 0 bridgehead atoms. The number of hydrogen-bond acceptors (Lipinski definition) is 7. The van der Waals surface area contributed by atoms with Crippen molar-refractivity contribution in [3.8, 4) is 11.5 Å². The van der Waals surface area contributed by atoms with Crippen molar-refractivity contribution in [1.29, 1.82) is 0 Å². The maximum Gasteiger partial charge on any atom is 0.325 e. The van der Waals surface area contributed by atoms with Crippen LogP contribution in [0.3, 0.4) is 0 Å². The number of halogens is 1. The first-order valence-corrected chi connectivity index (χ1v) is 12.2. The van der Waals surface area contributed by atoms with Gasteiger partial charge >= 0.3 is 5.97 Å². The van der Waals surface area contributed by atoms with Crippen molar-refractivity contribution in [3.63, 3.8) is 0 Å². The number of ether oxygens (including phenoxy) is 3. The maximum absolute atomic E-state index is 12.5. The highest BCUT2D eigenvalue weighted by molar-refractivity contribution is 7.89. The fraction of sp³-hybridized carbons (Fsp3) is 0.364. The number of sulfonamides is 1. The summed E-state index contributed by atoms with van der Waals surface area (Å²) >= 11 is 6.16. The van der Waals surface area contributed by atoms with Crippen LogP contribution in [0.25, 0.3) is 0 Å². The first kappa shape index (κ1) is 24.8. The van der Waals surface area contributed by atoms with E-state index in [9.17, 15) is 18.0 Å². The first-order chi connectivity index (χ1) is 15.8. The van der Waals surface area contributed by atoms with Crippen LogP contribution in [0.1, 0.15) is 29.8 Å². The van der Waals surface area contributed by atoms with E-state index in [1.807, 2.05) is 0 Å². The van der Waals surface area contributed by atoms with Gasteiger partial charge in [-0.25, -0.2) is 8.42 Å². The maximum atomic E-state index is 12.5. The van der Waals surface area contributed by atoms with Gasteiger partial charge in [0.2, 0.25) is 10.0 Å². The number of nitrogens with zero attached hydrogens (tertiary/aromatic N) is 1. The number of carbonyl (C=O) groups is 2. The number of fused-ring (bicyclic) bond motifs is 1. The number of carbonyl (C=O) groups excluding carboxylic acids is 2. The van der Waals surface area contributed by atoms with Crippen LogP contribution in [0.4, 0.5) is 0 Å². The van der Waals surface area contributed by atoms with Crippen LogP contribution in [-0.2, 0) is 26.2 Å². The Kier molecular flexibility index (Phi) is 8.17. The summed E-state index contributed by atoms with van der Waals surface area (Å²) in [6, 6.07) is 8.83. The van der Waals surface area contributed by atoms with E-state index in [1.165, 1.54) is 28.6 Å². The second kappa shape index (κ2) is 10.9. The molecule has 0 fully saturated rings. The molecule has 178 valence electrons. The average Bonchev–Trinajstić information content (AvgIpc) is 2.82. The smallest absolute Gasteiger partial charge is 0.325 e. The summed E-state index contributed by atoms with van der Waals surface area (Å²) in [5, 5.41) is 2.81. The molecular weight excluding hydrogens is 472 g/mol. The Morgan fingerprint density at radius 2 is 1.76 bits per heavy atom. The Balaban J connectivity index is 1.52. The number of amides is 1. The van der Waals surface area contributed by atoms with Gasteiger partial charge in [0.15, 0.2) is 11.5 Å². The van der Waals surface area contributed by atoms with E-state index in [1.54, 1.807) is 26.0 Å². The number of esters is 1. The minimum atomic E-state index is -3.61. The van der Waals surface area contributed by atoms with Crippen molar-refractivity contribution in [2.75, 3.05) is 32.8 Å². The molecule has 0 spiro atoms. The molecule has 0 radical (unpaired) electrons. The first-order valence-electron chi connectivity index (χ1n) is 10.4. The quantitative estimate of drug-likeness (QED) is 0.531. The molecule has 11 heteroatoms. The minimum Gasteiger partial charge on any atom is -0.486 e. The van der Waals surface area contributed by atoms with Crippen LogP contribution in [0.2, 0.25) is 5.02 Å². The van der Waals surface area contributed by atoms with E-state index >= 15 is 0 Å². The summed E-state index contributed by atoms with van der Waals surface area (Å²) in [6.07, 6.45) is 0. The van der Waals surface area contributed by atoms with Gasteiger partial charge in [-0.3, -0.25) is 9.59 Å². The molecular formula is C22H25ClN2O7S. The number of benzene rings is 2. The number of nitrogens with one attached hydrogen (secondary N) is 1. The molecule has 0 saturated heterocycles. The van der Waals surface area contributed by atoms with E-state index in [4.69, 9.17) is 25.8 Å². The van der Waals surface area contributed by atoms with Gasteiger partial charge in [0.05, 0.1) is 9.92 Å². The molecule has 2 aromatic rings. The normalized spacial score (nSPS) is 13.0. The average molecular weight is 497 g/mol. The monoisotopic (exact) mass is 496 g/mol. The molecule has 1 aliphatic rings. The fourth-order valence-corrected chi connectivity index (χ4v) is 4.95. The van der Waals surface area contributed by atoms with Crippen LogP contribution < -0.4 is 14.8 Å². The summed E-state index contributed by atoms with van der Waals surface area (Å²) < 4.78 is 42.5. The van der Waals surface area contributed by atoms with Gasteiger partial charge in [-0.05, 0) is 42.0 Å². The summed E-state index contributed by atoms with van der Waals surface area (Å²) in [7, 11) is -3.61. The highest BCUT2D eigenvalue weighted by Gasteiger charge is 2.22. The van der Waals surface area contributed by atoms with Crippen LogP contribution in [0.15, 0.2) is 41.3 Å². The standard InChI is InChI=1S/C22H25ClN2O7S/c1-3-25(4-2)33(28,29)17-7-5-16(6-8-17)22(27)24-13-20(26)32-14-15-11-18(23)21-19(12-15)30-9-10-31-21/h5-8,11-12H,3-4,9-10,13-14H2,1-2H3,(H,24,27). The zero-order chi connectivity index (χ0) is 24.0. The molecule has 0 saturated carbocycles. The molecule has 1 aliphatic heterocycles. The predicted molar refractivity (Wildman–Crippen MR) is 121 cm³/mol. The van der Waals surface area contributed by atoms with Crippen molar-refractivity contribution in [2.24, 2.45) is 0 Å². The van der Waals surface area contributed by atoms with Gasteiger partial charge in [-0.1, -0.05) is 25.4 Å². The molecule has 1 heterocycles. The molecule has 0 aromatic heterocycles. The van der Waals surface area contributed by atoms with Crippen LogP contribution >= 0.6 is 11.6 Å². The Morgan fingerprint density at radius 1 is 1.09 bits per heavy atom. The van der Waals surface area contributed by atoms with Crippen molar-refractivity contribution < 1.29 is 32.2 Å². The van der Waals surface area contributed by atoms with E-state index in [0.717, 1.165) is 0 Å². The van der Waals surface area contributed by atoms with Crippen LogP contribution in [0.5, 0.6) is 11.5 Å². The van der Waals surface area contributed by atoms with Gasteiger partial charge in [0.1, 0.15) is 26.4 Å². The van der Waals surface area contributed by atoms with E-state index in [2.05, 4.69) is 5.32 Å². The van der Waals surface area contributed by atoms with Crippen LogP contribution in [-0.4, -0.2) is 57.4 Å². The second-order valence-electron chi connectivity index (χ2n) is 7.06. The number of hydrogen-bond donors (Lipinski definition) is 1. The third-order valence-electron chi connectivity index (χ3n) is 4.91. The Hall–Kier alpha value is -2.82. The topological polar surface area (TPSA) is 111 Å². The highest BCUT2D eigenvalue weighted by Crippen LogP contribution is 2.38. The summed E-state index contributed by atoms with van der Waals surface area (Å²) in [5.74, 6) is -0.225. The predicted octanol–water partition coefficient (Wildman–Crippen LogP) is 2.61. The zero-order valence-electron chi connectivity index (χ0n) is 18.3. The largest absolute Gasteiger partial charge is 0.486 e. The lowest BCUT2D eigenvalue weighted by atomic mass is 10.2. The summed E-state index contributed by atoms with van der Waals surface area (Å²) in [6.45, 7) is 4.62. The van der Waals surface area contributed by atoms with Gasteiger partial charge in [0.25, 0.3) is 5.91 Å². The van der Waals surface area contributed by atoms with Gasteiger partial charge < -0.3 is 19.5 Å². The SMILES string of the molecule is CCN(CC)S(=O)(=O)c1ccc(C(=O)NCC(=O)OCc2cc(Cl)c3c(c2)OCCO3)cc1. The lowest BCUT2D eigenvalue weighted by Gasteiger charge is -2.20. The van der Waals surface area contributed by atoms with Crippen molar-refractivity contribution >= 4 is 33.5 Å². The third kappa shape index (κ3) is 5.95. The van der Waals surface area contributed by atoms with E-state index in [0.29, 0.717) is 48.4 Å². The fourth-order valence-electron chi connectivity index (χ4n) is 3.21. The molecule has 2 aromatic carbocycles. The lowest BCUT2D eigenvalue weighted by molar-refractivity contribution is -0.143. The van der Waals surface area contributed by atoms with Crippen molar-refractivity contribution in [2.45, 2.75) is 25.3 Å². The Morgan fingerprint density at radius 3 is 2.42 bits per heavy atom. The van der Waals surface area contributed by atoms with Gasteiger partial charge in [-0.2, -0.15) is 4.31 Å². The summed E-state index contributed by atoms with van der Waals surface area (Å²) in [4.78, 5) is 24.4. The summed E-state index contributed by atoms with van der Waals surface area (Å²) in [5.41, 5.74) is 0.842. The Labute approximate surface area is 197 Å². The third-order valence-corrected chi connectivity index (χ3v) is 7.25. The van der Waals surface area contributed by atoms with Crippen LogP contribution in [0, 0.1) is 0 Å². The zero-order valence-corrected chi connectivity index (χ0v) is 19.9. The van der Waals surface area contributed by atoms with Crippen molar-refractivity contribution in [1.82, 2.24) is 9.62 Å². The molecule has 1 amide bonds. The highest BCUT2D eigenvalue weighted by atomic mass is 35.5. The van der Waals surface area contributed by atoms with Gasteiger partial charge in [0, 0.05) is 18.7 Å². The molecule has 3 rings (SSSR count). The molecule has 0 aliphatic carbocycles.